The van der Waals surface area contributed by atoms with Crippen molar-refractivity contribution in [3.8, 4) is 0 Å². The SMILES string of the molecule is CC(=O)O[C@@H]1NC(=O)[C@@H]1CCF. The van der Waals surface area contributed by atoms with Gasteiger partial charge in [-0.05, 0) is 6.42 Å². The van der Waals surface area contributed by atoms with E-state index in [2.05, 4.69) is 10.1 Å². The van der Waals surface area contributed by atoms with Crippen LogP contribution in [0.5, 0.6) is 0 Å². The van der Waals surface area contributed by atoms with Crippen molar-refractivity contribution in [3.05, 3.63) is 0 Å². The fraction of sp³-hybridized carbons (Fsp3) is 0.714. The molecule has 12 heavy (non-hydrogen) atoms. The van der Waals surface area contributed by atoms with Crippen LogP contribution in [0, 0.1) is 5.92 Å². The topological polar surface area (TPSA) is 55.4 Å². The maximum Gasteiger partial charge on any atom is 0.304 e. The molecule has 0 aromatic rings. The maximum absolute atomic E-state index is 11.8. The number of ether oxygens (including phenoxy) is 1. The fourth-order valence-corrected chi connectivity index (χ4v) is 1.08. The Kier molecular flexibility index (Phi) is 2.62. The average Bonchev–Trinajstić information content (AvgIpc) is 1.99. The van der Waals surface area contributed by atoms with Crippen LogP contribution >= 0.6 is 0 Å². The number of rotatable bonds is 3. The molecule has 0 bridgehead atoms. The van der Waals surface area contributed by atoms with E-state index < -0.39 is 24.8 Å². The molecule has 1 N–H and O–H groups in total. The Bertz CT molecular complexity index is 207. The van der Waals surface area contributed by atoms with E-state index >= 15 is 0 Å². The van der Waals surface area contributed by atoms with E-state index in [0.717, 1.165) is 0 Å². The number of alkyl halides is 1. The summed E-state index contributed by atoms with van der Waals surface area (Å²) in [7, 11) is 0. The quantitative estimate of drug-likeness (QED) is 0.484. The number of β-lactam (4-membered cyclic amide) rings is 1. The Balaban J connectivity index is 2.37. The van der Waals surface area contributed by atoms with E-state index in [-0.39, 0.29) is 12.3 Å². The van der Waals surface area contributed by atoms with Gasteiger partial charge in [-0.2, -0.15) is 0 Å². The summed E-state index contributed by atoms with van der Waals surface area (Å²) in [6.45, 7) is 0.673. The second-order valence-electron chi connectivity index (χ2n) is 2.62. The van der Waals surface area contributed by atoms with Crippen molar-refractivity contribution < 1.29 is 18.7 Å². The lowest BCUT2D eigenvalue weighted by molar-refractivity contribution is -0.167. The summed E-state index contributed by atoms with van der Waals surface area (Å²) in [5.74, 6) is -1.22. The van der Waals surface area contributed by atoms with Crippen LogP contribution in [0.1, 0.15) is 13.3 Å². The van der Waals surface area contributed by atoms with E-state index in [9.17, 15) is 14.0 Å². The Hall–Kier alpha value is -1.13. The number of nitrogens with one attached hydrogen (secondary N) is 1. The predicted octanol–water partition coefficient (Wildman–Crippen LogP) is -0.0188. The van der Waals surface area contributed by atoms with Crippen molar-refractivity contribution in [2.45, 2.75) is 19.6 Å². The van der Waals surface area contributed by atoms with E-state index in [4.69, 9.17) is 0 Å². The standard InChI is InChI=1S/C7H10FNO3/c1-4(10)12-7-5(2-3-8)6(11)9-7/h5,7H,2-3H2,1H3,(H,9,11)/t5-,7-/m0/s1. The maximum atomic E-state index is 11.8. The fourth-order valence-electron chi connectivity index (χ4n) is 1.08. The van der Waals surface area contributed by atoms with Crippen molar-refractivity contribution in [3.63, 3.8) is 0 Å². The molecule has 1 fully saturated rings. The first-order valence-electron chi connectivity index (χ1n) is 3.68. The van der Waals surface area contributed by atoms with Gasteiger partial charge in [-0.1, -0.05) is 0 Å². The molecular formula is C7H10FNO3. The zero-order valence-electron chi connectivity index (χ0n) is 6.67. The van der Waals surface area contributed by atoms with E-state index in [1.165, 1.54) is 6.92 Å². The second kappa shape index (κ2) is 3.51. The molecular weight excluding hydrogens is 165 g/mol. The van der Waals surface area contributed by atoms with Gasteiger partial charge in [-0.3, -0.25) is 14.0 Å². The molecule has 4 nitrogen and oxygen atoms in total. The first-order chi connectivity index (χ1) is 5.65. The molecule has 0 aromatic carbocycles. The number of carbonyl (C=O) groups is 2. The van der Waals surface area contributed by atoms with Gasteiger partial charge >= 0.3 is 5.97 Å². The molecule has 0 radical (unpaired) electrons. The summed E-state index contributed by atoms with van der Waals surface area (Å²) in [4.78, 5) is 21.2. The van der Waals surface area contributed by atoms with Gasteiger partial charge in [0.05, 0.1) is 12.6 Å². The van der Waals surface area contributed by atoms with Gasteiger partial charge in [0.25, 0.3) is 0 Å². The third-order valence-corrected chi connectivity index (χ3v) is 1.70. The highest BCUT2D eigenvalue weighted by Gasteiger charge is 2.41. The monoisotopic (exact) mass is 175 g/mol. The number of carbonyl (C=O) groups excluding carboxylic acids is 2. The molecule has 0 saturated carbocycles. The highest BCUT2D eigenvalue weighted by molar-refractivity contribution is 5.86. The van der Waals surface area contributed by atoms with Crippen LogP contribution in [0.2, 0.25) is 0 Å². The largest absolute Gasteiger partial charge is 0.441 e. The zero-order valence-corrected chi connectivity index (χ0v) is 6.67. The number of hydrogen-bond donors (Lipinski definition) is 1. The van der Waals surface area contributed by atoms with Gasteiger partial charge < -0.3 is 10.1 Å². The Labute approximate surface area is 69.1 Å². The van der Waals surface area contributed by atoms with Gasteiger partial charge in [-0.15, -0.1) is 0 Å². The predicted molar refractivity (Wildman–Crippen MR) is 37.8 cm³/mol. The average molecular weight is 175 g/mol. The Morgan fingerprint density at radius 2 is 2.42 bits per heavy atom. The highest BCUT2D eigenvalue weighted by Crippen LogP contribution is 2.19. The number of amides is 1. The summed E-state index contributed by atoms with van der Waals surface area (Å²) in [6, 6.07) is 0. The molecule has 1 aliphatic heterocycles. The first-order valence-corrected chi connectivity index (χ1v) is 3.68. The molecule has 1 amide bonds. The van der Waals surface area contributed by atoms with Crippen molar-refractivity contribution in [2.75, 3.05) is 6.67 Å². The van der Waals surface area contributed by atoms with Crippen LogP contribution in [0.3, 0.4) is 0 Å². The highest BCUT2D eigenvalue weighted by atomic mass is 19.1. The number of hydrogen-bond acceptors (Lipinski definition) is 3. The van der Waals surface area contributed by atoms with E-state index in [0.29, 0.717) is 0 Å². The molecule has 0 aromatic heterocycles. The third kappa shape index (κ3) is 1.72. The van der Waals surface area contributed by atoms with Crippen molar-refractivity contribution in [2.24, 2.45) is 5.92 Å². The zero-order chi connectivity index (χ0) is 9.14. The molecule has 5 heteroatoms. The number of halogens is 1. The van der Waals surface area contributed by atoms with Crippen LogP contribution in [-0.4, -0.2) is 24.8 Å². The van der Waals surface area contributed by atoms with Gasteiger partial charge in [0.1, 0.15) is 0 Å². The molecule has 1 heterocycles. The summed E-state index contributed by atoms with van der Waals surface area (Å²) in [6.07, 6.45) is -0.505. The lowest BCUT2D eigenvalue weighted by Gasteiger charge is -2.34. The molecule has 1 saturated heterocycles. The lowest BCUT2D eigenvalue weighted by Crippen LogP contribution is -2.59. The molecule has 68 valence electrons. The minimum atomic E-state index is -0.620. The second-order valence-corrected chi connectivity index (χ2v) is 2.62. The number of esters is 1. The van der Waals surface area contributed by atoms with Crippen molar-refractivity contribution >= 4 is 11.9 Å². The smallest absolute Gasteiger partial charge is 0.304 e. The van der Waals surface area contributed by atoms with Gasteiger partial charge in [0.15, 0.2) is 6.23 Å². The minimum absolute atomic E-state index is 0.115. The molecule has 1 rings (SSSR count). The molecule has 0 unspecified atom stereocenters. The van der Waals surface area contributed by atoms with Crippen LogP contribution < -0.4 is 5.32 Å². The first kappa shape index (κ1) is 8.96. The van der Waals surface area contributed by atoms with Crippen LogP contribution in [0.25, 0.3) is 0 Å². The van der Waals surface area contributed by atoms with Crippen molar-refractivity contribution in [1.29, 1.82) is 0 Å². The van der Waals surface area contributed by atoms with Crippen LogP contribution in [0.4, 0.5) is 4.39 Å². The summed E-state index contributed by atoms with van der Waals surface area (Å²) in [5.41, 5.74) is 0. The van der Waals surface area contributed by atoms with Gasteiger partial charge in [0, 0.05) is 6.92 Å². The van der Waals surface area contributed by atoms with Gasteiger partial charge in [-0.25, -0.2) is 0 Å². The Morgan fingerprint density at radius 3 is 2.83 bits per heavy atom. The minimum Gasteiger partial charge on any atom is -0.441 e. The van der Waals surface area contributed by atoms with Crippen LogP contribution in [0.15, 0.2) is 0 Å². The summed E-state index contributed by atoms with van der Waals surface area (Å²) in [5, 5.41) is 2.36. The third-order valence-electron chi connectivity index (χ3n) is 1.70. The van der Waals surface area contributed by atoms with Gasteiger partial charge in [0.2, 0.25) is 5.91 Å². The molecule has 2 atom stereocenters. The molecule has 0 spiro atoms. The summed E-state index contributed by atoms with van der Waals surface area (Å²) >= 11 is 0. The van der Waals surface area contributed by atoms with Crippen LogP contribution in [-0.2, 0) is 14.3 Å². The van der Waals surface area contributed by atoms with E-state index in [1.54, 1.807) is 0 Å². The summed E-state index contributed by atoms with van der Waals surface area (Å²) < 4.78 is 16.5. The normalized spacial score (nSPS) is 27.3. The molecule has 0 aliphatic carbocycles. The molecule has 1 aliphatic rings. The Morgan fingerprint density at radius 1 is 1.75 bits per heavy atom. The van der Waals surface area contributed by atoms with Crippen molar-refractivity contribution in [1.82, 2.24) is 5.32 Å². The van der Waals surface area contributed by atoms with E-state index in [1.807, 2.05) is 0 Å². The lowest BCUT2D eigenvalue weighted by atomic mass is 9.96.